The van der Waals surface area contributed by atoms with E-state index in [0.29, 0.717) is 11.4 Å². The summed E-state index contributed by atoms with van der Waals surface area (Å²) in [4.78, 5) is 24.1. The van der Waals surface area contributed by atoms with E-state index < -0.39 is 23.7 Å². The van der Waals surface area contributed by atoms with Crippen molar-refractivity contribution in [3.63, 3.8) is 0 Å². The zero-order chi connectivity index (χ0) is 21.9. The minimum atomic E-state index is -4.43. The van der Waals surface area contributed by atoms with Gasteiger partial charge in [-0.15, -0.1) is 0 Å². The second kappa shape index (κ2) is 8.54. The van der Waals surface area contributed by atoms with Crippen molar-refractivity contribution in [3.8, 4) is 0 Å². The largest absolute Gasteiger partial charge is 0.416 e. The molecule has 0 spiro atoms. The number of nitrogen functional groups attached to an aromatic ring is 1. The molecule has 156 valence electrons. The first-order valence-corrected chi connectivity index (χ1v) is 9.00. The van der Waals surface area contributed by atoms with E-state index in [2.05, 4.69) is 25.6 Å². The number of pyridine rings is 1. The maximum atomic E-state index is 12.8. The number of nitrogens with zero attached hydrogens (tertiary/aromatic N) is 3. The first kappa shape index (κ1) is 21.3. The van der Waals surface area contributed by atoms with Gasteiger partial charge in [0.25, 0.3) is 5.91 Å². The Morgan fingerprint density at radius 3 is 2.60 bits per heavy atom. The molecule has 11 heteroatoms. The van der Waals surface area contributed by atoms with Crippen LogP contribution < -0.4 is 16.4 Å². The molecule has 4 N–H and O–H groups in total. The fourth-order valence-electron chi connectivity index (χ4n) is 2.55. The van der Waals surface area contributed by atoms with Crippen LogP contribution in [0.15, 0.2) is 48.9 Å². The third kappa shape index (κ3) is 4.95. The van der Waals surface area contributed by atoms with Gasteiger partial charge in [-0.05, 0) is 36.8 Å². The number of anilines is 3. The predicted molar refractivity (Wildman–Crippen MR) is 106 cm³/mol. The van der Waals surface area contributed by atoms with Crippen LogP contribution in [0.2, 0.25) is 5.02 Å². The van der Waals surface area contributed by atoms with Crippen LogP contribution in [0.4, 0.5) is 30.5 Å². The summed E-state index contributed by atoms with van der Waals surface area (Å²) in [7, 11) is 0. The highest BCUT2D eigenvalue weighted by atomic mass is 35.5. The number of hydrogen-bond donors (Lipinski definition) is 3. The average molecular weight is 437 g/mol. The lowest BCUT2D eigenvalue weighted by Crippen LogP contribution is -2.28. The van der Waals surface area contributed by atoms with Crippen molar-refractivity contribution >= 4 is 34.8 Å². The molecule has 30 heavy (non-hydrogen) atoms. The molecule has 0 bridgehead atoms. The molecule has 0 aliphatic rings. The maximum absolute atomic E-state index is 12.8. The Bertz CT molecular complexity index is 1060. The van der Waals surface area contributed by atoms with Crippen LogP contribution in [-0.4, -0.2) is 20.9 Å². The van der Waals surface area contributed by atoms with Gasteiger partial charge in [0.05, 0.1) is 11.6 Å². The van der Waals surface area contributed by atoms with Crippen LogP contribution in [0.3, 0.4) is 0 Å². The van der Waals surface area contributed by atoms with Gasteiger partial charge in [-0.3, -0.25) is 4.79 Å². The molecule has 0 aliphatic heterocycles. The topological polar surface area (TPSA) is 106 Å². The lowest BCUT2D eigenvalue weighted by atomic mass is 10.1. The molecule has 1 amide bonds. The molecule has 3 rings (SSSR count). The number of nitrogens with two attached hydrogens (primary N) is 1. The Hall–Kier alpha value is -3.40. The molecule has 0 aliphatic carbocycles. The molecule has 0 fully saturated rings. The SMILES string of the molecule is CC(NC(=O)c1ncnc(N)c1Cl)c1ccc(Nc2cccc(C(F)(F)F)c2)nc1. The third-order valence-corrected chi connectivity index (χ3v) is 4.50. The van der Waals surface area contributed by atoms with Crippen molar-refractivity contribution in [3.05, 3.63) is 70.8 Å². The number of carbonyl (C=O) groups is 1. The van der Waals surface area contributed by atoms with Crippen LogP contribution in [0, 0.1) is 0 Å². The zero-order valence-corrected chi connectivity index (χ0v) is 16.3. The highest BCUT2D eigenvalue weighted by Crippen LogP contribution is 2.31. The van der Waals surface area contributed by atoms with Crippen molar-refractivity contribution in [1.29, 1.82) is 0 Å². The van der Waals surface area contributed by atoms with Crippen LogP contribution in [0.1, 0.15) is 34.6 Å². The van der Waals surface area contributed by atoms with Crippen LogP contribution in [0.25, 0.3) is 0 Å². The Labute approximate surface area is 174 Å². The number of alkyl halides is 3. The Morgan fingerprint density at radius 2 is 1.93 bits per heavy atom. The van der Waals surface area contributed by atoms with E-state index in [1.807, 2.05) is 0 Å². The molecule has 2 aromatic heterocycles. The molecule has 1 atom stereocenters. The van der Waals surface area contributed by atoms with Crippen molar-refractivity contribution in [2.24, 2.45) is 0 Å². The fraction of sp³-hybridized carbons (Fsp3) is 0.158. The Kier molecular flexibility index (Phi) is 6.06. The lowest BCUT2D eigenvalue weighted by Gasteiger charge is -2.15. The van der Waals surface area contributed by atoms with Gasteiger partial charge in [0.1, 0.15) is 23.0 Å². The van der Waals surface area contributed by atoms with Gasteiger partial charge in [-0.2, -0.15) is 13.2 Å². The fourth-order valence-corrected chi connectivity index (χ4v) is 2.73. The van der Waals surface area contributed by atoms with Crippen LogP contribution >= 0.6 is 11.6 Å². The second-order valence-electron chi connectivity index (χ2n) is 6.30. The van der Waals surface area contributed by atoms with Crippen molar-refractivity contribution < 1.29 is 18.0 Å². The van der Waals surface area contributed by atoms with E-state index in [0.717, 1.165) is 18.5 Å². The molecule has 3 aromatic rings. The molecule has 0 radical (unpaired) electrons. The van der Waals surface area contributed by atoms with Gasteiger partial charge in [0.2, 0.25) is 0 Å². The molecule has 0 saturated carbocycles. The molecule has 0 saturated heterocycles. The van der Waals surface area contributed by atoms with Gasteiger partial charge in [-0.1, -0.05) is 23.7 Å². The molecular weight excluding hydrogens is 421 g/mol. The van der Waals surface area contributed by atoms with Gasteiger partial charge in [0, 0.05) is 11.9 Å². The highest BCUT2D eigenvalue weighted by Gasteiger charge is 2.30. The summed E-state index contributed by atoms with van der Waals surface area (Å²) in [5.74, 6) is -0.188. The van der Waals surface area contributed by atoms with Crippen LogP contribution in [0.5, 0.6) is 0 Å². The van der Waals surface area contributed by atoms with Crippen LogP contribution in [-0.2, 0) is 6.18 Å². The highest BCUT2D eigenvalue weighted by molar-refractivity contribution is 6.35. The number of halogens is 4. The van der Waals surface area contributed by atoms with E-state index >= 15 is 0 Å². The molecule has 1 unspecified atom stereocenters. The zero-order valence-electron chi connectivity index (χ0n) is 15.5. The summed E-state index contributed by atoms with van der Waals surface area (Å²) in [6.07, 6.45) is -1.80. The van der Waals surface area contributed by atoms with Crippen molar-refractivity contribution in [2.75, 3.05) is 11.1 Å². The summed E-state index contributed by atoms with van der Waals surface area (Å²) in [5.41, 5.74) is 5.68. The van der Waals surface area contributed by atoms with E-state index in [1.54, 1.807) is 19.1 Å². The Balaban J connectivity index is 1.68. The number of amides is 1. The number of hydrogen-bond acceptors (Lipinski definition) is 6. The van der Waals surface area contributed by atoms with Gasteiger partial charge < -0.3 is 16.4 Å². The van der Waals surface area contributed by atoms with E-state index in [9.17, 15) is 18.0 Å². The third-order valence-electron chi connectivity index (χ3n) is 4.13. The minimum Gasteiger partial charge on any atom is -0.382 e. The summed E-state index contributed by atoms with van der Waals surface area (Å²) < 4.78 is 38.5. The summed E-state index contributed by atoms with van der Waals surface area (Å²) in [5, 5.41) is 5.49. The first-order chi connectivity index (χ1) is 14.1. The van der Waals surface area contributed by atoms with E-state index in [1.165, 1.54) is 18.3 Å². The first-order valence-electron chi connectivity index (χ1n) is 8.62. The Morgan fingerprint density at radius 1 is 1.17 bits per heavy atom. The smallest absolute Gasteiger partial charge is 0.382 e. The average Bonchev–Trinajstić information content (AvgIpc) is 2.70. The number of benzene rings is 1. The quantitative estimate of drug-likeness (QED) is 0.548. The maximum Gasteiger partial charge on any atom is 0.416 e. The lowest BCUT2D eigenvalue weighted by molar-refractivity contribution is -0.137. The minimum absolute atomic E-state index is 0.00356. The summed E-state index contributed by atoms with van der Waals surface area (Å²) >= 11 is 5.95. The predicted octanol–water partition coefficient (Wildman–Crippen LogP) is 4.36. The normalized spacial score (nSPS) is 12.3. The van der Waals surface area contributed by atoms with E-state index in [-0.39, 0.29) is 22.2 Å². The standard InChI is InChI=1S/C19H16ClF3N6O/c1-10(28-18(30)16-15(20)17(24)27-9-26-16)11-5-6-14(25-8-11)29-13-4-2-3-12(7-13)19(21,22)23/h2-10H,1H3,(H,25,29)(H,28,30)(H2,24,26,27). The monoisotopic (exact) mass is 436 g/mol. The van der Waals surface area contributed by atoms with Gasteiger partial charge in [0.15, 0.2) is 5.69 Å². The summed E-state index contributed by atoms with van der Waals surface area (Å²) in [6, 6.07) is 7.63. The number of nitrogens with one attached hydrogen (secondary N) is 2. The second-order valence-corrected chi connectivity index (χ2v) is 6.67. The van der Waals surface area contributed by atoms with Crippen molar-refractivity contribution in [1.82, 2.24) is 20.3 Å². The number of rotatable bonds is 5. The molecule has 7 nitrogen and oxygen atoms in total. The molecular formula is C19H16ClF3N6O. The van der Waals surface area contributed by atoms with E-state index in [4.69, 9.17) is 17.3 Å². The summed E-state index contributed by atoms with van der Waals surface area (Å²) in [6.45, 7) is 1.73. The number of aromatic nitrogens is 3. The van der Waals surface area contributed by atoms with Gasteiger partial charge >= 0.3 is 6.18 Å². The molecule has 2 heterocycles. The van der Waals surface area contributed by atoms with Gasteiger partial charge in [-0.25, -0.2) is 15.0 Å². The van der Waals surface area contributed by atoms with Crippen molar-refractivity contribution in [2.45, 2.75) is 19.1 Å². The molecule has 1 aromatic carbocycles. The number of carbonyl (C=O) groups excluding carboxylic acids is 1.